The Balaban J connectivity index is 3.13. The first kappa shape index (κ1) is 16.8. The van der Waals surface area contributed by atoms with Crippen molar-refractivity contribution < 1.29 is 24.5 Å². The fraction of sp³-hybridized carbons (Fsp3) is 0.467. The molecule has 0 spiro atoms. The molecule has 0 aromatic heterocycles. The van der Waals surface area contributed by atoms with E-state index in [9.17, 15) is 19.8 Å². The van der Waals surface area contributed by atoms with Gasteiger partial charge in [-0.3, -0.25) is 0 Å². The predicted molar refractivity (Wildman–Crippen MR) is 77.1 cm³/mol. The number of ether oxygens (including phenoxy) is 1. The van der Waals surface area contributed by atoms with Gasteiger partial charge in [0.05, 0.1) is 0 Å². The van der Waals surface area contributed by atoms with Gasteiger partial charge in [0, 0.05) is 0 Å². The minimum absolute atomic E-state index is 0.0198. The van der Waals surface area contributed by atoms with E-state index in [1.54, 1.807) is 27.7 Å². The van der Waals surface area contributed by atoms with Gasteiger partial charge < -0.3 is 20.3 Å². The van der Waals surface area contributed by atoms with Crippen LogP contribution in [0.1, 0.15) is 39.7 Å². The van der Waals surface area contributed by atoms with Crippen molar-refractivity contribution in [1.29, 1.82) is 0 Å². The largest absolute Gasteiger partial charge is 0.508 e. The van der Waals surface area contributed by atoms with E-state index in [-0.39, 0.29) is 12.2 Å². The average molecular weight is 295 g/mol. The summed E-state index contributed by atoms with van der Waals surface area (Å²) in [6, 6.07) is 5.67. The molecule has 21 heavy (non-hydrogen) atoms. The van der Waals surface area contributed by atoms with Crippen molar-refractivity contribution in [3.05, 3.63) is 29.8 Å². The van der Waals surface area contributed by atoms with Crippen LogP contribution in [0.5, 0.6) is 5.75 Å². The fourth-order valence-electron chi connectivity index (χ4n) is 1.92. The summed E-state index contributed by atoms with van der Waals surface area (Å²) in [5.41, 5.74) is -1.96. The zero-order chi connectivity index (χ0) is 16.3. The van der Waals surface area contributed by atoms with Crippen molar-refractivity contribution in [2.24, 2.45) is 0 Å². The Morgan fingerprint density at radius 1 is 1.19 bits per heavy atom. The van der Waals surface area contributed by atoms with Gasteiger partial charge in [0.25, 0.3) is 0 Å². The third-order valence-corrected chi connectivity index (χ3v) is 2.97. The number of phenolic OH excluding ortho intramolecular Hbond substituents is 1. The minimum Gasteiger partial charge on any atom is -0.508 e. The molecule has 1 amide bonds. The smallest absolute Gasteiger partial charge is 0.408 e. The third-order valence-electron chi connectivity index (χ3n) is 2.97. The maximum atomic E-state index is 11.9. The van der Waals surface area contributed by atoms with Crippen LogP contribution in [0.3, 0.4) is 0 Å². The summed E-state index contributed by atoms with van der Waals surface area (Å²) in [6.45, 7) is 6.74. The molecule has 6 nitrogen and oxygen atoms in total. The lowest BCUT2D eigenvalue weighted by atomic mass is 9.87. The first-order valence-electron chi connectivity index (χ1n) is 6.65. The van der Waals surface area contributed by atoms with Crippen molar-refractivity contribution in [2.45, 2.75) is 45.3 Å². The van der Waals surface area contributed by atoms with Crippen LogP contribution < -0.4 is 5.32 Å². The third kappa shape index (κ3) is 4.11. The monoisotopic (exact) mass is 295 g/mol. The highest BCUT2D eigenvalue weighted by Gasteiger charge is 2.41. The molecule has 0 heterocycles. The van der Waals surface area contributed by atoms with E-state index in [1.165, 1.54) is 24.3 Å². The molecule has 0 bridgehead atoms. The van der Waals surface area contributed by atoms with E-state index in [4.69, 9.17) is 4.74 Å². The maximum Gasteiger partial charge on any atom is 0.408 e. The van der Waals surface area contributed by atoms with E-state index >= 15 is 0 Å². The first-order chi connectivity index (χ1) is 9.60. The zero-order valence-corrected chi connectivity index (χ0v) is 12.6. The van der Waals surface area contributed by atoms with Gasteiger partial charge >= 0.3 is 12.1 Å². The van der Waals surface area contributed by atoms with Crippen LogP contribution in [0.2, 0.25) is 0 Å². The van der Waals surface area contributed by atoms with Gasteiger partial charge in [-0.05, 0) is 44.9 Å². The normalized spacial score (nSPS) is 14.1. The van der Waals surface area contributed by atoms with Gasteiger partial charge in [0.15, 0.2) is 5.54 Å². The Morgan fingerprint density at radius 2 is 1.71 bits per heavy atom. The lowest BCUT2D eigenvalue weighted by Crippen LogP contribution is -2.52. The Labute approximate surface area is 123 Å². The van der Waals surface area contributed by atoms with Crippen LogP contribution in [-0.2, 0) is 15.1 Å². The number of carbonyl (C=O) groups excluding carboxylic acids is 1. The summed E-state index contributed by atoms with van der Waals surface area (Å²) in [7, 11) is 0. The molecule has 0 saturated carbocycles. The van der Waals surface area contributed by atoms with E-state index in [1.807, 2.05) is 0 Å². The first-order valence-corrected chi connectivity index (χ1v) is 6.65. The number of benzene rings is 1. The molecule has 1 aromatic rings. The van der Waals surface area contributed by atoms with Crippen LogP contribution in [0, 0.1) is 0 Å². The van der Waals surface area contributed by atoms with Crippen LogP contribution in [0.25, 0.3) is 0 Å². The number of alkyl carbamates (subject to hydrolysis) is 1. The van der Waals surface area contributed by atoms with Gasteiger partial charge in [0.1, 0.15) is 11.4 Å². The summed E-state index contributed by atoms with van der Waals surface area (Å²) in [5.74, 6) is -1.17. The van der Waals surface area contributed by atoms with Gasteiger partial charge in [0.2, 0.25) is 0 Å². The number of nitrogens with one attached hydrogen (secondary N) is 1. The standard InChI is InChI=1S/C15H21NO5/c1-5-15(12(18)19,10-6-8-11(17)9-7-10)16-13(20)21-14(2,3)4/h6-9,17H,5H2,1-4H3,(H,16,20)(H,18,19). The molecule has 3 N–H and O–H groups in total. The average Bonchev–Trinajstić information content (AvgIpc) is 2.34. The fourth-order valence-corrected chi connectivity index (χ4v) is 1.92. The maximum absolute atomic E-state index is 11.9. The summed E-state index contributed by atoms with van der Waals surface area (Å²) in [4.78, 5) is 23.6. The number of hydrogen-bond acceptors (Lipinski definition) is 4. The molecule has 6 heteroatoms. The van der Waals surface area contributed by atoms with Crippen molar-refractivity contribution in [1.82, 2.24) is 5.32 Å². The molecule has 0 fully saturated rings. The number of aliphatic carboxylic acids is 1. The second-order valence-corrected chi connectivity index (χ2v) is 5.74. The molecular formula is C15H21NO5. The Bertz CT molecular complexity index is 518. The number of aromatic hydroxyl groups is 1. The Kier molecular flexibility index (Phi) is 4.83. The number of carboxylic acid groups (broad SMARTS) is 1. The zero-order valence-electron chi connectivity index (χ0n) is 12.6. The van der Waals surface area contributed by atoms with Crippen LogP contribution in [0.4, 0.5) is 4.79 Å². The highest BCUT2D eigenvalue weighted by atomic mass is 16.6. The van der Waals surface area contributed by atoms with Crippen molar-refractivity contribution in [3.8, 4) is 5.75 Å². The molecule has 116 valence electrons. The van der Waals surface area contributed by atoms with Gasteiger partial charge in [-0.25, -0.2) is 9.59 Å². The molecule has 1 rings (SSSR count). The lowest BCUT2D eigenvalue weighted by molar-refractivity contribution is -0.145. The molecule has 1 aromatic carbocycles. The number of carboxylic acids is 1. The second-order valence-electron chi connectivity index (χ2n) is 5.74. The van der Waals surface area contributed by atoms with Crippen LogP contribution in [0.15, 0.2) is 24.3 Å². The van der Waals surface area contributed by atoms with Crippen molar-refractivity contribution in [3.63, 3.8) is 0 Å². The number of hydrogen-bond donors (Lipinski definition) is 3. The number of amides is 1. The Hall–Kier alpha value is -2.24. The second kappa shape index (κ2) is 6.03. The molecule has 0 aliphatic rings. The van der Waals surface area contributed by atoms with E-state index in [0.717, 1.165) is 0 Å². The predicted octanol–water partition coefficient (Wildman–Crippen LogP) is 2.61. The van der Waals surface area contributed by atoms with E-state index < -0.39 is 23.2 Å². The van der Waals surface area contributed by atoms with Crippen molar-refractivity contribution in [2.75, 3.05) is 0 Å². The summed E-state index contributed by atoms with van der Waals surface area (Å²) in [5, 5.41) is 21.3. The molecule has 0 aliphatic carbocycles. The van der Waals surface area contributed by atoms with Crippen molar-refractivity contribution >= 4 is 12.1 Å². The highest BCUT2D eigenvalue weighted by molar-refractivity contribution is 5.86. The minimum atomic E-state index is -1.60. The topological polar surface area (TPSA) is 95.9 Å². The quantitative estimate of drug-likeness (QED) is 0.793. The summed E-state index contributed by atoms with van der Waals surface area (Å²) in [6.07, 6.45) is -0.674. The number of rotatable bonds is 4. The SMILES string of the molecule is CCC(NC(=O)OC(C)(C)C)(C(=O)O)c1ccc(O)cc1. The number of carbonyl (C=O) groups is 2. The molecule has 1 atom stereocenters. The molecule has 0 radical (unpaired) electrons. The molecular weight excluding hydrogens is 274 g/mol. The van der Waals surface area contributed by atoms with Crippen LogP contribution >= 0.6 is 0 Å². The molecule has 1 unspecified atom stereocenters. The van der Waals surface area contributed by atoms with Gasteiger partial charge in [-0.1, -0.05) is 19.1 Å². The lowest BCUT2D eigenvalue weighted by Gasteiger charge is -2.31. The summed E-state index contributed by atoms with van der Waals surface area (Å²) >= 11 is 0. The van der Waals surface area contributed by atoms with Gasteiger partial charge in [-0.2, -0.15) is 0 Å². The van der Waals surface area contributed by atoms with E-state index in [0.29, 0.717) is 5.56 Å². The van der Waals surface area contributed by atoms with Gasteiger partial charge in [-0.15, -0.1) is 0 Å². The van der Waals surface area contributed by atoms with E-state index in [2.05, 4.69) is 5.32 Å². The summed E-state index contributed by atoms with van der Waals surface area (Å²) < 4.78 is 5.13. The highest BCUT2D eigenvalue weighted by Crippen LogP contribution is 2.27. The Morgan fingerprint density at radius 3 is 2.10 bits per heavy atom. The number of phenols is 1. The van der Waals surface area contributed by atoms with Crippen LogP contribution in [-0.4, -0.2) is 27.9 Å². The molecule has 0 aliphatic heterocycles. The molecule has 0 saturated heterocycles.